The molecule has 0 atom stereocenters. The van der Waals surface area contributed by atoms with Crippen LogP contribution in [0.25, 0.3) is 0 Å². The Hall–Kier alpha value is -0.430. The SMILES string of the molecule is CC(C)(C)CNS(=O)(=O)c1ccc(CCN)s1. The average Bonchev–Trinajstić information content (AvgIpc) is 2.64. The molecule has 6 heteroatoms. The van der Waals surface area contributed by atoms with Crippen molar-refractivity contribution in [2.75, 3.05) is 13.1 Å². The van der Waals surface area contributed by atoms with E-state index in [4.69, 9.17) is 5.73 Å². The molecule has 0 amide bonds. The van der Waals surface area contributed by atoms with Crippen LogP contribution in [0.1, 0.15) is 25.6 Å². The molecule has 1 rings (SSSR count). The van der Waals surface area contributed by atoms with Gasteiger partial charge in [-0.25, -0.2) is 13.1 Å². The Morgan fingerprint density at radius 3 is 2.53 bits per heavy atom. The van der Waals surface area contributed by atoms with Crippen molar-refractivity contribution in [1.29, 1.82) is 0 Å². The number of hydrogen-bond acceptors (Lipinski definition) is 4. The number of nitrogens with two attached hydrogens (primary N) is 1. The van der Waals surface area contributed by atoms with Gasteiger partial charge in [0.05, 0.1) is 0 Å². The van der Waals surface area contributed by atoms with Gasteiger partial charge in [0.2, 0.25) is 10.0 Å². The first-order valence-corrected chi connectivity index (χ1v) is 7.83. The summed E-state index contributed by atoms with van der Waals surface area (Å²) in [4.78, 5) is 1.00. The van der Waals surface area contributed by atoms with E-state index in [1.165, 1.54) is 11.3 Å². The first kappa shape index (κ1) is 14.6. The van der Waals surface area contributed by atoms with Crippen molar-refractivity contribution >= 4 is 21.4 Å². The molecule has 0 fully saturated rings. The molecule has 0 radical (unpaired) electrons. The van der Waals surface area contributed by atoms with Crippen LogP contribution < -0.4 is 10.5 Å². The average molecular weight is 276 g/mol. The normalized spacial score (nSPS) is 12.9. The van der Waals surface area contributed by atoms with E-state index >= 15 is 0 Å². The summed E-state index contributed by atoms with van der Waals surface area (Å²) in [6, 6.07) is 3.46. The lowest BCUT2D eigenvalue weighted by Crippen LogP contribution is -2.31. The molecule has 0 unspecified atom stereocenters. The van der Waals surface area contributed by atoms with Crippen molar-refractivity contribution in [3.05, 3.63) is 17.0 Å². The Labute approximate surface area is 107 Å². The molecule has 0 aliphatic carbocycles. The van der Waals surface area contributed by atoms with Gasteiger partial charge in [0.15, 0.2) is 0 Å². The minimum atomic E-state index is -3.36. The van der Waals surface area contributed by atoms with Crippen molar-refractivity contribution in [2.24, 2.45) is 11.1 Å². The molecule has 0 aliphatic heterocycles. The van der Waals surface area contributed by atoms with E-state index < -0.39 is 10.0 Å². The third kappa shape index (κ3) is 4.75. The fourth-order valence-corrected chi connectivity index (χ4v) is 3.86. The molecule has 98 valence electrons. The van der Waals surface area contributed by atoms with Crippen molar-refractivity contribution in [2.45, 2.75) is 31.4 Å². The lowest BCUT2D eigenvalue weighted by Gasteiger charge is -2.18. The van der Waals surface area contributed by atoms with Crippen LogP contribution in [-0.4, -0.2) is 21.5 Å². The monoisotopic (exact) mass is 276 g/mol. The maximum absolute atomic E-state index is 12.0. The number of hydrogen-bond donors (Lipinski definition) is 2. The van der Waals surface area contributed by atoms with Crippen LogP contribution >= 0.6 is 11.3 Å². The van der Waals surface area contributed by atoms with Crippen LogP contribution in [0.5, 0.6) is 0 Å². The zero-order valence-corrected chi connectivity index (χ0v) is 12.1. The summed E-state index contributed by atoms with van der Waals surface area (Å²) >= 11 is 1.28. The molecule has 1 heterocycles. The third-order valence-corrected chi connectivity index (χ3v) is 5.12. The van der Waals surface area contributed by atoms with Crippen molar-refractivity contribution < 1.29 is 8.42 Å². The molecule has 0 saturated carbocycles. The lowest BCUT2D eigenvalue weighted by molar-refractivity contribution is 0.408. The smallest absolute Gasteiger partial charge is 0.250 e. The summed E-state index contributed by atoms with van der Waals surface area (Å²) in [6.07, 6.45) is 0.722. The summed E-state index contributed by atoms with van der Waals surface area (Å²) < 4.78 is 26.9. The standard InChI is InChI=1S/C11H20N2O2S2/c1-11(2,3)8-13-17(14,15)10-5-4-9(16-10)6-7-12/h4-5,13H,6-8,12H2,1-3H3. The Bertz CT molecular complexity index is 458. The summed E-state index contributed by atoms with van der Waals surface area (Å²) in [5.41, 5.74) is 5.37. The van der Waals surface area contributed by atoms with E-state index in [2.05, 4.69) is 4.72 Å². The van der Waals surface area contributed by atoms with Gasteiger partial charge >= 0.3 is 0 Å². The van der Waals surface area contributed by atoms with Gasteiger partial charge in [0.25, 0.3) is 0 Å². The van der Waals surface area contributed by atoms with E-state index in [9.17, 15) is 8.42 Å². The van der Waals surface area contributed by atoms with E-state index in [1.54, 1.807) is 6.07 Å². The van der Waals surface area contributed by atoms with Crippen molar-refractivity contribution in [3.8, 4) is 0 Å². The highest BCUT2D eigenvalue weighted by Crippen LogP contribution is 2.22. The Kier molecular flexibility index (Phi) is 4.71. The first-order chi connectivity index (χ1) is 7.74. The van der Waals surface area contributed by atoms with Crippen LogP contribution in [0.4, 0.5) is 0 Å². The van der Waals surface area contributed by atoms with Crippen LogP contribution in [0.15, 0.2) is 16.3 Å². The lowest BCUT2D eigenvalue weighted by atomic mass is 9.98. The number of sulfonamides is 1. The van der Waals surface area contributed by atoms with E-state index in [0.29, 0.717) is 17.3 Å². The quantitative estimate of drug-likeness (QED) is 0.857. The molecule has 17 heavy (non-hydrogen) atoms. The first-order valence-electron chi connectivity index (χ1n) is 5.53. The van der Waals surface area contributed by atoms with Crippen molar-refractivity contribution in [1.82, 2.24) is 4.72 Å². The second kappa shape index (κ2) is 5.48. The molecule has 0 spiro atoms. The van der Waals surface area contributed by atoms with E-state index in [0.717, 1.165) is 11.3 Å². The topological polar surface area (TPSA) is 72.2 Å². The van der Waals surface area contributed by atoms with E-state index in [-0.39, 0.29) is 5.41 Å². The molecule has 4 nitrogen and oxygen atoms in total. The van der Waals surface area contributed by atoms with E-state index in [1.807, 2.05) is 26.8 Å². The minimum absolute atomic E-state index is 0.0651. The number of thiophene rings is 1. The van der Waals surface area contributed by atoms with Crippen LogP contribution in [-0.2, 0) is 16.4 Å². The predicted molar refractivity (Wildman–Crippen MR) is 71.7 cm³/mol. The van der Waals surface area contributed by atoms with Gasteiger partial charge in [-0.3, -0.25) is 0 Å². The minimum Gasteiger partial charge on any atom is -0.330 e. The molecular weight excluding hydrogens is 256 g/mol. The van der Waals surface area contributed by atoms with Gasteiger partial charge in [-0.05, 0) is 30.5 Å². The zero-order chi connectivity index (χ0) is 13.1. The predicted octanol–water partition coefficient (Wildman–Crippen LogP) is 1.57. The fraction of sp³-hybridized carbons (Fsp3) is 0.636. The Morgan fingerprint density at radius 2 is 2.00 bits per heavy atom. The molecule has 1 aromatic heterocycles. The van der Waals surface area contributed by atoms with Gasteiger partial charge in [-0.2, -0.15) is 0 Å². The summed E-state index contributed by atoms with van der Waals surface area (Å²) in [5.74, 6) is 0. The zero-order valence-electron chi connectivity index (χ0n) is 10.5. The van der Waals surface area contributed by atoms with Crippen molar-refractivity contribution in [3.63, 3.8) is 0 Å². The van der Waals surface area contributed by atoms with Gasteiger partial charge < -0.3 is 5.73 Å². The van der Waals surface area contributed by atoms with Gasteiger partial charge in [0.1, 0.15) is 4.21 Å². The largest absolute Gasteiger partial charge is 0.330 e. The Morgan fingerprint density at radius 1 is 1.35 bits per heavy atom. The summed E-state index contributed by atoms with van der Waals surface area (Å²) in [7, 11) is -3.36. The van der Waals surface area contributed by atoms with Crippen LogP contribution in [0, 0.1) is 5.41 Å². The van der Waals surface area contributed by atoms with Crippen LogP contribution in [0.2, 0.25) is 0 Å². The molecule has 0 aromatic carbocycles. The number of nitrogens with one attached hydrogen (secondary N) is 1. The third-order valence-electron chi connectivity index (χ3n) is 2.09. The van der Waals surface area contributed by atoms with Gasteiger partial charge in [-0.15, -0.1) is 11.3 Å². The maximum Gasteiger partial charge on any atom is 0.250 e. The maximum atomic E-state index is 12.0. The summed E-state index contributed by atoms with van der Waals surface area (Å²) in [5, 5.41) is 0. The molecular formula is C11H20N2O2S2. The molecule has 1 aromatic rings. The second-order valence-electron chi connectivity index (χ2n) is 5.14. The molecule has 3 N–H and O–H groups in total. The Balaban J connectivity index is 2.75. The highest BCUT2D eigenvalue weighted by molar-refractivity contribution is 7.91. The number of rotatable bonds is 5. The summed E-state index contributed by atoms with van der Waals surface area (Å²) in [6.45, 7) is 6.94. The molecule has 0 bridgehead atoms. The fourth-order valence-electron chi connectivity index (χ4n) is 1.16. The highest BCUT2D eigenvalue weighted by atomic mass is 32.2. The van der Waals surface area contributed by atoms with Crippen LogP contribution in [0.3, 0.4) is 0 Å². The van der Waals surface area contributed by atoms with Gasteiger partial charge in [-0.1, -0.05) is 20.8 Å². The van der Waals surface area contributed by atoms with Gasteiger partial charge in [0, 0.05) is 11.4 Å². The highest BCUT2D eigenvalue weighted by Gasteiger charge is 2.19. The molecule has 0 saturated heterocycles. The molecule has 0 aliphatic rings. The second-order valence-corrected chi connectivity index (χ2v) is 8.31.